The summed E-state index contributed by atoms with van der Waals surface area (Å²) in [5.74, 6) is 0.552. The molecule has 10 heteroatoms. The van der Waals surface area contributed by atoms with Crippen LogP contribution in [0.5, 0.6) is 11.5 Å². The lowest BCUT2D eigenvalue weighted by molar-refractivity contribution is 0.438. The highest BCUT2D eigenvalue weighted by atomic mass is 35.5. The largest absolute Gasteiger partial charge is 0.505 e. The smallest absolute Gasteiger partial charge is 0.146 e. The first kappa shape index (κ1) is 32.8. The zero-order chi connectivity index (χ0) is 34.4. The van der Waals surface area contributed by atoms with E-state index in [1.54, 1.807) is 12.1 Å². The highest BCUT2D eigenvalue weighted by Gasteiger charge is 2.29. The molecule has 0 atom stereocenters. The van der Waals surface area contributed by atoms with E-state index in [4.69, 9.17) is 23.2 Å². The van der Waals surface area contributed by atoms with E-state index in [0.717, 1.165) is 44.5 Å². The molecule has 7 rings (SSSR count). The van der Waals surface area contributed by atoms with E-state index < -0.39 is 0 Å². The number of fused-ring (bicyclic) bond motifs is 5. The highest BCUT2D eigenvalue weighted by Crippen LogP contribution is 2.40. The molecule has 0 saturated carbocycles. The Bertz CT molecular complexity index is 2260. The van der Waals surface area contributed by atoms with Crippen LogP contribution in [0.25, 0.3) is 33.4 Å². The average Bonchev–Trinajstić information content (AvgIpc) is 3.42. The Balaban J connectivity index is 0.000000165. The van der Waals surface area contributed by atoms with Gasteiger partial charge in [0.25, 0.3) is 0 Å². The molecule has 0 spiro atoms. The van der Waals surface area contributed by atoms with E-state index >= 15 is 0 Å². The van der Waals surface area contributed by atoms with Crippen LogP contribution in [0.2, 0.25) is 10.0 Å². The highest BCUT2D eigenvalue weighted by molar-refractivity contribution is 6.31. The summed E-state index contributed by atoms with van der Waals surface area (Å²) in [4.78, 5) is 3.47. The Morgan fingerprint density at radius 1 is 0.574 bits per heavy atom. The lowest BCUT2D eigenvalue weighted by Crippen LogP contribution is -2.18. The van der Waals surface area contributed by atoms with Crippen molar-refractivity contribution >= 4 is 45.3 Å². The monoisotopic (exact) mass is 672 g/mol. The van der Waals surface area contributed by atoms with E-state index in [9.17, 15) is 10.2 Å². The number of phenolic OH excluding ortho intramolecular Hbond substituents is 2. The molecule has 7 aromatic rings. The van der Waals surface area contributed by atoms with Crippen LogP contribution in [0.15, 0.2) is 60.7 Å². The van der Waals surface area contributed by atoms with Gasteiger partial charge in [-0.05, 0) is 82.8 Å². The number of aromatic hydroxyl groups is 2. The molecule has 0 aliphatic heterocycles. The Kier molecular flexibility index (Phi) is 7.64. The minimum Gasteiger partial charge on any atom is -0.505 e. The molecular formula is C37H42Cl2N6O2. The number of nitrogens with zero attached hydrogens (tertiary/aromatic N) is 6. The first-order valence-electron chi connectivity index (χ1n) is 15.7. The first-order chi connectivity index (χ1) is 21.8. The van der Waals surface area contributed by atoms with Gasteiger partial charge < -0.3 is 10.2 Å². The molecule has 47 heavy (non-hydrogen) atoms. The van der Waals surface area contributed by atoms with Crippen LogP contribution in [-0.2, 0) is 16.2 Å². The van der Waals surface area contributed by atoms with Gasteiger partial charge >= 0.3 is 0 Å². The minimum absolute atomic E-state index is 0.0572. The van der Waals surface area contributed by atoms with E-state index in [0.29, 0.717) is 27.0 Å². The number of hydrogen-bond acceptors (Lipinski definition) is 4. The fraction of sp³-hybridized carbons (Fsp3) is 0.351. The molecule has 0 radical (unpaired) electrons. The van der Waals surface area contributed by atoms with E-state index in [1.165, 1.54) is 4.80 Å². The number of aryl methyl sites for hydroxylation is 1. The molecule has 4 aromatic carbocycles. The second kappa shape index (κ2) is 11.0. The van der Waals surface area contributed by atoms with Crippen LogP contribution >= 0.6 is 23.2 Å². The SMILES string of the molecule is CC(C)(C)c1cc(-n2nc3ccc(Cl)cc3n2)c(O)c(C(C)(C)C)c1.Cc1cc(-n2n3c4ccc(Cl)cc4n23)c(O)c(C(C)(C)C)c1. The zero-order valence-corrected chi connectivity index (χ0v) is 30.1. The van der Waals surface area contributed by atoms with Crippen molar-refractivity contribution in [1.29, 1.82) is 0 Å². The molecule has 0 fully saturated rings. The van der Waals surface area contributed by atoms with E-state index in [-0.39, 0.29) is 22.0 Å². The maximum absolute atomic E-state index is 10.9. The molecular weight excluding hydrogens is 631 g/mol. The maximum atomic E-state index is 10.9. The van der Waals surface area contributed by atoms with E-state index in [1.807, 2.05) is 50.5 Å². The molecule has 0 aliphatic rings. The van der Waals surface area contributed by atoms with Crippen molar-refractivity contribution in [3.05, 3.63) is 93.0 Å². The second-order valence-electron chi connectivity index (χ2n) is 15.4. The number of halogens is 2. The lowest BCUT2D eigenvalue weighted by atomic mass is 9.80. The van der Waals surface area contributed by atoms with Gasteiger partial charge in [0.05, 0.1) is 0 Å². The number of phenols is 2. The summed E-state index contributed by atoms with van der Waals surface area (Å²) in [6.07, 6.45) is 0. The van der Waals surface area contributed by atoms with Gasteiger partial charge in [-0.2, -0.15) is 0 Å². The summed E-state index contributed by atoms with van der Waals surface area (Å²) < 4.78 is 4.02. The Labute approximate surface area is 285 Å². The molecule has 0 bridgehead atoms. The fourth-order valence-electron chi connectivity index (χ4n) is 5.78. The third-order valence-electron chi connectivity index (χ3n) is 8.46. The van der Waals surface area contributed by atoms with Gasteiger partial charge in [-0.25, -0.2) is 0 Å². The van der Waals surface area contributed by atoms with Crippen LogP contribution in [0, 0.1) is 6.92 Å². The summed E-state index contributed by atoms with van der Waals surface area (Å²) in [5, 5.41) is 32.0. The van der Waals surface area contributed by atoms with Gasteiger partial charge in [-0.3, -0.25) is 0 Å². The van der Waals surface area contributed by atoms with Crippen molar-refractivity contribution in [2.45, 2.75) is 85.5 Å². The summed E-state index contributed by atoms with van der Waals surface area (Å²) in [6.45, 7) is 21.1. The first-order valence-corrected chi connectivity index (χ1v) is 16.5. The summed E-state index contributed by atoms with van der Waals surface area (Å²) in [5.41, 5.74) is 8.73. The molecule has 2 N–H and O–H groups in total. The van der Waals surface area contributed by atoms with Crippen molar-refractivity contribution in [3.63, 3.8) is 0 Å². The van der Waals surface area contributed by atoms with Crippen molar-refractivity contribution in [3.8, 4) is 22.9 Å². The number of aromatic nitrogens is 6. The summed E-state index contributed by atoms with van der Waals surface area (Å²) >= 11 is 12.1. The predicted molar refractivity (Wildman–Crippen MR) is 192 cm³/mol. The van der Waals surface area contributed by atoms with Crippen LogP contribution < -0.4 is 0 Å². The lowest BCUT2D eigenvalue weighted by Gasteiger charge is -2.27. The van der Waals surface area contributed by atoms with Crippen LogP contribution in [0.1, 0.15) is 84.6 Å². The van der Waals surface area contributed by atoms with Gasteiger partial charge in [0.2, 0.25) is 0 Å². The van der Waals surface area contributed by atoms with E-state index in [2.05, 4.69) is 91.6 Å². The second-order valence-corrected chi connectivity index (χ2v) is 16.3. The van der Waals surface area contributed by atoms with Gasteiger partial charge in [0, 0.05) is 21.2 Å². The number of benzene rings is 4. The standard InChI is InChI=1S/C20H24ClN3O.C17H18ClN3O/c1-19(2,3)12-9-14(20(4,5)6)18(25)17(10-12)24-22-15-8-7-13(21)11-16(15)23-24;1-10-7-12(17(2,3)4)16(22)15(8-10)21-19-13-6-5-11(18)9-14(13)20(19)21/h7-11,25H,1-6H3;5-9,22H,1-4H3. The third-order valence-corrected chi connectivity index (χ3v) is 8.93. The van der Waals surface area contributed by atoms with Crippen molar-refractivity contribution < 1.29 is 10.2 Å². The van der Waals surface area contributed by atoms with Gasteiger partial charge in [-0.1, -0.05) is 97.6 Å². The van der Waals surface area contributed by atoms with Crippen molar-refractivity contribution in [2.75, 3.05) is 0 Å². The van der Waals surface area contributed by atoms with Crippen LogP contribution in [0.4, 0.5) is 0 Å². The van der Waals surface area contributed by atoms with Crippen LogP contribution in [0.3, 0.4) is 0 Å². The number of rotatable bonds is 2. The van der Waals surface area contributed by atoms with Crippen molar-refractivity contribution in [1.82, 2.24) is 29.1 Å². The molecule has 246 valence electrons. The van der Waals surface area contributed by atoms with Crippen LogP contribution in [-0.4, -0.2) is 39.3 Å². The molecule has 0 unspecified atom stereocenters. The quantitative estimate of drug-likeness (QED) is 0.191. The molecule has 0 aliphatic carbocycles. The third kappa shape index (κ3) is 5.93. The molecule has 8 nitrogen and oxygen atoms in total. The molecule has 0 saturated heterocycles. The fourth-order valence-corrected chi connectivity index (χ4v) is 6.11. The van der Waals surface area contributed by atoms with Gasteiger partial charge in [-0.15, -0.1) is 29.1 Å². The molecule has 0 amide bonds. The van der Waals surface area contributed by atoms with Crippen molar-refractivity contribution in [2.24, 2.45) is 0 Å². The molecule has 3 aromatic heterocycles. The van der Waals surface area contributed by atoms with Gasteiger partial charge in [0.15, 0.2) is 0 Å². The zero-order valence-electron chi connectivity index (χ0n) is 28.6. The van der Waals surface area contributed by atoms with Gasteiger partial charge in [0.1, 0.15) is 44.9 Å². The number of hydrogen-bond donors (Lipinski definition) is 2. The average molecular weight is 674 g/mol. The summed E-state index contributed by atoms with van der Waals surface area (Å²) in [7, 11) is 0. The Morgan fingerprint density at radius 3 is 1.77 bits per heavy atom. The Morgan fingerprint density at radius 2 is 1.13 bits per heavy atom. The topological polar surface area (TPSA) is 84.9 Å². The minimum atomic E-state index is -0.198. The molecule has 3 heterocycles. The predicted octanol–water partition coefficient (Wildman–Crippen LogP) is 9.76. The maximum Gasteiger partial charge on any atom is 0.146 e. The normalized spacial score (nSPS) is 12.9. The summed E-state index contributed by atoms with van der Waals surface area (Å²) in [6, 6.07) is 19.3. The Hall–Kier alpha value is -4.14.